The number of piperidine rings is 1. The van der Waals surface area contributed by atoms with E-state index in [0.29, 0.717) is 5.92 Å². The lowest BCUT2D eigenvalue weighted by atomic mass is 9.86. The van der Waals surface area contributed by atoms with Gasteiger partial charge in [-0.2, -0.15) is 0 Å². The average Bonchev–Trinajstić information content (AvgIpc) is 2.64. The van der Waals surface area contributed by atoms with E-state index in [1.165, 1.54) is 18.4 Å². The van der Waals surface area contributed by atoms with Crippen molar-refractivity contribution < 1.29 is 4.39 Å². The van der Waals surface area contributed by atoms with Crippen LogP contribution in [-0.4, -0.2) is 18.0 Å². The molecule has 26 heavy (non-hydrogen) atoms. The Morgan fingerprint density at radius 2 is 1.65 bits per heavy atom. The maximum absolute atomic E-state index is 14.7. The normalized spacial score (nSPS) is 16.6. The predicted octanol–water partition coefficient (Wildman–Crippen LogP) is 6.48. The molecule has 1 aliphatic rings. The minimum Gasteiger partial charge on any atom is -0.299 e. The van der Waals surface area contributed by atoms with E-state index >= 15 is 0 Å². The number of halogens is 1. The first kappa shape index (κ1) is 19.1. The Morgan fingerprint density at radius 1 is 0.962 bits per heavy atom. The molecule has 0 radical (unpaired) electrons. The fourth-order valence-electron chi connectivity index (χ4n) is 3.95. The number of benzene rings is 2. The molecule has 2 aromatic carbocycles. The standard InChI is InChI=1S/C24H32FN/c1-17(2)19-10-12-26(13-11-19)16-23-9-8-22(15-24(23)25)21-7-5-6-20(14-21)18(3)4/h5-9,14-15,17-19H,10-13,16H2,1-4H3. The molecule has 2 heteroatoms. The fraction of sp³-hybridized carbons (Fsp3) is 0.500. The summed E-state index contributed by atoms with van der Waals surface area (Å²) in [6.45, 7) is 11.9. The smallest absolute Gasteiger partial charge is 0.128 e. The highest BCUT2D eigenvalue weighted by Gasteiger charge is 2.22. The SMILES string of the molecule is CC(C)c1cccc(-c2ccc(CN3CCC(C(C)C)CC3)c(F)c2)c1. The first-order valence-electron chi connectivity index (χ1n) is 10.0. The highest BCUT2D eigenvalue weighted by molar-refractivity contribution is 5.64. The zero-order valence-corrected chi connectivity index (χ0v) is 16.6. The summed E-state index contributed by atoms with van der Waals surface area (Å²) in [6.07, 6.45) is 2.47. The Balaban J connectivity index is 1.69. The van der Waals surface area contributed by atoms with Crippen LogP contribution in [0, 0.1) is 17.7 Å². The summed E-state index contributed by atoms with van der Waals surface area (Å²) in [5.41, 5.74) is 4.17. The van der Waals surface area contributed by atoms with E-state index in [1.54, 1.807) is 6.07 Å². The lowest BCUT2D eigenvalue weighted by Gasteiger charge is -2.33. The molecule has 0 N–H and O–H groups in total. The maximum Gasteiger partial charge on any atom is 0.128 e. The number of nitrogens with zero attached hydrogens (tertiary/aromatic N) is 1. The molecule has 0 aliphatic carbocycles. The molecule has 1 fully saturated rings. The number of hydrogen-bond acceptors (Lipinski definition) is 1. The summed E-state index contributed by atoms with van der Waals surface area (Å²) >= 11 is 0. The minimum absolute atomic E-state index is 0.0802. The molecule has 0 amide bonds. The topological polar surface area (TPSA) is 3.24 Å². The molecule has 3 rings (SSSR count). The molecule has 0 saturated carbocycles. The molecule has 1 heterocycles. The van der Waals surface area contributed by atoms with Crippen LogP contribution < -0.4 is 0 Å². The van der Waals surface area contributed by atoms with Gasteiger partial charge in [-0.15, -0.1) is 0 Å². The van der Waals surface area contributed by atoms with Crippen molar-refractivity contribution in [1.82, 2.24) is 4.90 Å². The van der Waals surface area contributed by atoms with Gasteiger partial charge < -0.3 is 0 Å². The van der Waals surface area contributed by atoms with Crippen LogP contribution in [0.15, 0.2) is 42.5 Å². The highest BCUT2D eigenvalue weighted by atomic mass is 19.1. The Kier molecular flexibility index (Phi) is 6.13. The Hall–Kier alpha value is -1.67. The zero-order chi connectivity index (χ0) is 18.7. The van der Waals surface area contributed by atoms with Crippen molar-refractivity contribution in [3.8, 4) is 11.1 Å². The van der Waals surface area contributed by atoms with E-state index in [0.717, 1.165) is 48.2 Å². The second kappa shape index (κ2) is 8.35. The van der Waals surface area contributed by atoms with Crippen LogP contribution >= 0.6 is 0 Å². The van der Waals surface area contributed by atoms with Crippen LogP contribution in [0.4, 0.5) is 4.39 Å². The molecule has 140 valence electrons. The summed E-state index contributed by atoms with van der Waals surface area (Å²) in [5.74, 6) is 1.98. The minimum atomic E-state index is -0.0802. The molecule has 1 aliphatic heterocycles. The van der Waals surface area contributed by atoms with Gasteiger partial charge in [-0.05, 0) is 66.4 Å². The summed E-state index contributed by atoms with van der Waals surface area (Å²) in [6, 6.07) is 14.2. The van der Waals surface area contributed by atoms with Crippen LogP contribution in [0.3, 0.4) is 0 Å². The van der Waals surface area contributed by atoms with Crippen molar-refractivity contribution >= 4 is 0 Å². The van der Waals surface area contributed by atoms with Gasteiger partial charge in [0.2, 0.25) is 0 Å². The summed E-state index contributed by atoms with van der Waals surface area (Å²) in [5, 5.41) is 0. The first-order chi connectivity index (χ1) is 12.4. The van der Waals surface area contributed by atoms with Crippen LogP contribution in [-0.2, 0) is 6.54 Å². The van der Waals surface area contributed by atoms with Gasteiger partial charge >= 0.3 is 0 Å². The number of hydrogen-bond donors (Lipinski definition) is 0. The van der Waals surface area contributed by atoms with Crippen LogP contribution in [0.2, 0.25) is 0 Å². The van der Waals surface area contributed by atoms with Gasteiger partial charge in [0.15, 0.2) is 0 Å². The second-order valence-corrected chi connectivity index (χ2v) is 8.44. The van der Waals surface area contributed by atoms with Gasteiger partial charge in [0, 0.05) is 12.1 Å². The van der Waals surface area contributed by atoms with Crippen molar-refractivity contribution in [1.29, 1.82) is 0 Å². The van der Waals surface area contributed by atoms with E-state index in [4.69, 9.17) is 0 Å². The van der Waals surface area contributed by atoms with E-state index in [-0.39, 0.29) is 5.82 Å². The molecule has 0 atom stereocenters. The molecule has 0 unspecified atom stereocenters. The van der Waals surface area contributed by atoms with Crippen molar-refractivity contribution in [3.05, 3.63) is 59.4 Å². The number of rotatable bonds is 5. The van der Waals surface area contributed by atoms with Gasteiger partial charge in [-0.3, -0.25) is 4.90 Å². The Bertz CT molecular complexity index is 727. The lowest BCUT2D eigenvalue weighted by molar-refractivity contribution is 0.150. The zero-order valence-electron chi connectivity index (χ0n) is 16.6. The molecule has 0 spiro atoms. The Labute approximate surface area is 158 Å². The molecule has 1 saturated heterocycles. The van der Waals surface area contributed by atoms with E-state index in [2.05, 4.69) is 62.9 Å². The summed E-state index contributed by atoms with van der Waals surface area (Å²) in [4.78, 5) is 2.40. The average molecular weight is 354 g/mol. The number of likely N-dealkylation sites (tertiary alicyclic amines) is 1. The largest absolute Gasteiger partial charge is 0.299 e. The van der Waals surface area contributed by atoms with Gasteiger partial charge in [-0.25, -0.2) is 4.39 Å². The Morgan fingerprint density at radius 3 is 2.27 bits per heavy atom. The van der Waals surface area contributed by atoms with Gasteiger partial charge in [-0.1, -0.05) is 64.1 Å². The quantitative estimate of drug-likeness (QED) is 0.594. The monoisotopic (exact) mass is 353 g/mol. The van der Waals surface area contributed by atoms with Gasteiger partial charge in [0.25, 0.3) is 0 Å². The van der Waals surface area contributed by atoms with Crippen molar-refractivity contribution in [2.75, 3.05) is 13.1 Å². The van der Waals surface area contributed by atoms with Crippen molar-refractivity contribution in [3.63, 3.8) is 0 Å². The van der Waals surface area contributed by atoms with E-state index in [9.17, 15) is 4.39 Å². The van der Waals surface area contributed by atoms with Gasteiger partial charge in [0.1, 0.15) is 5.82 Å². The third-order valence-corrected chi connectivity index (χ3v) is 5.91. The van der Waals surface area contributed by atoms with E-state index in [1.807, 2.05) is 6.07 Å². The molecular formula is C24H32FN. The first-order valence-corrected chi connectivity index (χ1v) is 10.0. The maximum atomic E-state index is 14.7. The van der Waals surface area contributed by atoms with Crippen LogP contribution in [0.5, 0.6) is 0 Å². The summed E-state index contributed by atoms with van der Waals surface area (Å²) < 4.78 is 14.7. The van der Waals surface area contributed by atoms with Gasteiger partial charge in [0.05, 0.1) is 0 Å². The third kappa shape index (κ3) is 4.54. The molecule has 2 aromatic rings. The predicted molar refractivity (Wildman–Crippen MR) is 109 cm³/mol. The fourth-order valence-corrected chi connectivity index (χ4v) is 3.95. The molecule has 1 nitrogen and oxygen atoms in total. The van der Waals surface area contributed by atoms with Crippen LogP contribution in [0.25, 0.3) is 11.1 Å². The molecule has 0 bridgehead atoms. The second-order valence-electron chi connectivity index (χ2n) is 8.44. The lowest BCUT2D eigenvalue weighted by Crippen LogP contribution is -2.34. The summed E-state index contributed by atoms with van der Waals surface area (Å²) in [7, 11) is 0. The molecular weight excluding hydrogens is 321 g/mol. The molecule has 0 aromatic heterocycles. The third-order valence-electron chi connectivity index (χ3n) is 5.91. The highest BCUT2D eigenvalue weighted by Crippen LogP contribution is 2.28. The van der Waals surface area contributed by atoms with Crippen molar-refractivity contribution in [2.24, 2.45) is 11.8 Å². The van der Waals surface area contributed by atoms with Crippen LogP contribution in [0.1, 0.15) is 57.6 Å². The van der Waals surface area contributed by atoms with Crippen molar-refractivity contribution in [2.45, 2.75) is 53.0 Å². The van der Waals surface area contributed by atoms with E-state index < -0.39 is 0 Å².